The quantitative estimate of drug-likeness (QED) is 0.329. The van der Waals surface area contributed by atoms with Crippen LogP contribution in [-0.2, 0) is 0 Å². The van der Waals surface area contributed by atoms with Gasteiger partial charge in [-0.1, -0.05) is 18.2 Å². The van der Waals surface area contributed by atoms with Crippen LogP contribution in [0, 0.1) is 6.92 Å². The molecule has 0 aliphatic rings. The van der Waals surface area contributed by atoms with Gasteiger partial charge in [0.15, 0.2) is 17.3 Å². The van der Waals surface area contributed by atoms with Crippen LogP contribution < -0.4 is 9.47 Å². The van der Waals surface area contributed by atoms with E-state index in [-0.39, 0.29) is 12.2 Å². The standard InChI is InChI=1S/C24H23NO4S2/c1-14-5-4-6-16-17(12-30-23(14)16)24-25-18(13-31-24)20(27)9-8-19(26)15-7-10-21(28-2)22(11-15)29-3/h4-7,10-13,20,27H,8-9H2,1-3H3. The van der Waals surface area contributed by atoms with Crippen molar-refractivity contribution in [3.63, 3.8) is 0 Å². The van der Waals surface area contributed by atoms with Gasteiger partial charge in [-0.05, 0) is 37.1 Å². The third kappa shape index (κ3) is 4.35. The summed E-state index contributed by atoms with van der Waals surface area (Å²) < 4.78 is 11.7. The summed E-state index contributed by atoms with van der Waals surface area (Å²) in [6.07, 6.45) is -0.273. The Morgan fingerprint density at radius 3 is 2.68 bits per heavy atom. The number of hydrogen-bond acceptors (Lipinski definition) is 7. The Balaban J connectivity index is 1.45. The topological polar surface area (TPSA) is 68.7 Å². The molecule has 31 heavy (non-hydrogen) atoms. The molecule has 2 aromatic carbocycles. The normalized spacial score (nSPS) is 12.1. The molecule has 7 heteroatoms. The molecule has 0 bridgehead atoms. The van der Waals surface area contributed by atoms with E-state index in [1.54, 1.807) is 36.6 Å². The number of ether oxygens (including phenoxy) is 2. The van der Waals surface area contributed by atoms with Crippen LogP contribution in [0.3, 0.4) is 0 Å². The number of aryl methyl sites for hydroxylation is 1. The molecule has 4 rings (SSSR count). The van der Waals surface area contributed by atoms with Crippen molar-refractivity contribution in [2.45, 2.75) is 25.9 Å². The molecule has 0 amide bonds. The van der Waals surface area contributed by atoms with Gasteiger partial charge in [0.05, 0.1) is 26.0 Å². The van der Waals surface area contributed by atoms with Crippen molar-refractivity contribution in [1.29, 1.82) is 0 Å². The Morgan fingerprint density at radius 1 is 1.10 bits per heavy atom. The number of ketones is 1. The number of carbonyl (C=O) groups excluding carboxylic acids is 1. The number of thiophene rings is 1. The highest BCUT2D eigenvalue weighted by Gasteiger charge is 2.18. The third-order valence-electron chi connectivity index (χ3n) is 5.24. The number of fused-ring (bicyclic) bond motifs is 1. The number of Topliss-reactive ketones (excluding diaryl/α,β-unsaturated/α-hetero) is 1. The van der Waals surface area contributed by atoms with E-state index in [4.69, 9.17) is 9.47 Å². The molecule has 5 nitrogen and oxygen atoms in total. The van der Waals surface area contributed by atoms with Crippen LogP contribution in [0.2, 0.25) is 0 Å². The van der Waals surface area contributed by atoms with Crippen LogP contribution in [0.1, 0.15) is 40.6 Å². The summed E-state index contributed by atoms with van der Waals surface area (Å²) >= 11 is 3.23. The Kier molecular flexibility index (Phi) is 6.36. The fourth-order valence-electron chi connectivity index (χ4n) is 3.50. The molecule has 0 aliphatic carbocycles. The van der Waals surface area contributed by atoms with E-state index in [0.717, 1.165) is 10.6 Å². The summed E-state index contributed by atoms with van der Waals surface area (Å²) in [4.78, 5) is 17.3. The summed E-state index contributed by atoms with van der Waals surface area (Å²) in [7, 11) is 3.09. The SMILES string of the molecule is COc1ccc(C(=O)CCC(O)c2csc(-c3csc4c(C)cccc34)n2)cc1OC. The minimum absolute atomic E-state index is 0.0604. The van der Waals surface area contributed by atoms with Crippen LogP contribution in [0.25, 0.3) is 20.7 Å². The van der Waals surface area contributed by atoms with Gasteiger partial charge in [-0.2, -0.15) is 0 Å². The van der Waals surface area contributed by atoms with Crippen molar-refractivity contribution >= 4 is 38.5 Å². The lowest BCUT2D eigenvalue weighted by Crippen LogP contribution is -2.05. The Morgan fingerprint density at radius 2 is 1.90 bits per heavy atom. The number of nitrogens with zero attached hydrogens (tertiary/aromatic N) is 1. The highest BCUT2D eigenvalue weighted by molar-refractivity contribution is 7.19. The van der Waals surface area contributed by atoms with Gasteiger partial charge >= 0.3 is 0 Å². The summed E-state index contributed by atoms with van der Waals surface area (Å²) in [6.45, 7) is 2.11. The van der Waals surface area contributed by atoms with Gasteiger partial charge in [-0.3, -0.25) is 4.79 Å². The van der Waals surface area contributed by atoms with E-state index in [9.17, 15) is 9.90 Å². The number of thiazole rings is 1. The fourth-order valence-corrected chi connectivity index (χ4v) is 5.50. The second kappa shape index (κ2) is 9.18. The van der Waals surface area contributed by atoms with Crippen molar-refractivity contribution in [1.82, 2.24) is 4.98 Å². The van der Waals surface area contributed by atoms with E-state index in [2.05, 4.69) is 35.5 Å². The predicted octanol–water partition coefficient (Wildman–Crippen LogP) is 6.05. The first-order valence-electron chi connectivity index (χ1n) is 9.87. The lowest BCUT2D eigenvalue weighted by Gasteiger charge is -2.10. The van der Waals surface area contributed by atoms with Gasteiger partial charge in [-0.15, -0.1) is 22.7 Å². The third-order valence-corrected chi connectivity index (χ3v) is 7.27. The van der Waals surface area contributed by atoms with Crippen LogP contribution in [0.4, 0.5) is 0 Å². The van der Waals surface area contributed by atoms with E-state index < -0.39 is 6.10 Å². The van der Waals surface area contributed by atoms with Crippen LogP contribution in [-0.4, -0.2) is 30.1 Å². The molecule has 0 saturated heterocycles. The highest BCUT2D eigenvalue weighted by atomic mass is 32.1. The minimum Gasteiger partial charge on any atom is -0.493 e. The maximum Gasteiger partial charge on any atom is 0.163 e. The smallest absolute Gasteiger partial charge is 0.163 e. The average Bonchev–Trinajstić information content (AvgIpc) is 3.44. The number of hydrogen-bond donors (Lipinski definition) is 1. The molecule has 0 aliphatic heterocycles. The van der Waals surface area contributed by atoms with Crippen LogP contribution >= 0.6 is 22.7 Å². The molecule has 1 atom stereocenters. The molecule has 2 heterocycles. The second-order valence-corrected chi connectivity index (χ2v) is 8.96. The Labute approximate surface area is 188 Å². The van der Waals surface area contributed by atoms with Crippen molar-refractivity contribution in [3.8, 4) is 22.1 Å². The number of aromatic nitrogens is 1. The summed E-state index contributed by atoms with van der Waals surface area (Å²) in [6, 6.07) is 11.3. The molecule has 0 saturated carbocycles. The number of methoxy groups -OCH3 is 2. The molecule has 4 aromatic rings. The lowest BCUT2D eigenvalue weighted by molar-refractivity contribution is 0.0938. The number of rotatable bonds is 8. The number of aliphatic hydroxyl groups excluding tert-OH is 1. The van der Waals surface area contributed by atoms with Crippen molar-refractivity contribution in [2.24, 2.45) is 0 Å². The average molecular weight is 454 g/mol. The first kappa shape index (κ1) is 21.5. The number of carbonyl (C=O) groups is 1. The maximum absolute atomic E-state index is 12.6. The van der Waals surface area contributed by atoms with Gasteiger partial charge in [0.25, 0.3) is 0 Å². The van der Waals surface area contributed by atoms with E-state index in [1.165, 1.54) is 34.1 Å². The molecular formula is C24H23NO4S2. The van der Waals surface area contributed by atoms with Crippen molar-refractivity contribution in [3.05, 3.63) is 64.0 Å². The molecule has 1 N–H and O–H groups in total. The summed E-state index contributed by atoms with van der Waals surface area (Å²) in [5, 5.41) is 16.7. The second-order valence-electron chi connectivity index (χ2n) is 7.23. The monoisotopic (exact) mass is 453 g/mol. The largest absolute Gasteiger partial charge is 0.493 e. The van der Waals surface area contributed by atoms with Gasteiger partial charge in [0.2, 0.25) is 0 Å². The van der Waals surface area contributed by atoms with Crippen molar-refractivity contribution in [2.75, 3.05) is 14.2 Å². The van der Waals surface area contributed by atoms with Gasteiger partial charge in [0, 0.05) is 38.4 Å². The predicted molar refractivity (Wildman–Crippen MR) is 126 cm³/mol. The maximum atomic E-state index is 12.6. The van der Waals surface area contributed by atoms with Gasteiger partial charge in [-0.25, -0.2) is 4.98 Å². The summed E-state index contributed by atoms with van der Waals surface area (Å²) in [5.74, 6) is 1.02. The molecule has 1 unspecified atom stereocenters. The number of aliphatic hydroxyl groups is 1. The molecule has 0 spiro atoms. The first-order valence-corrected chi connectivity index (χ1v) is 11.6. The lowest BCUT2D eigenvalue weighted by atomic mass is 10.0. The number of benzene rings is 2. The van der Waals surface area contributed by atoms with E-state index >= 15 is 0 Å². The highest BCUT2D eigenvalue weighted by Crippen LogP contribution is 2.38. The zero-order valence-electron chi connectivity index (χ0n) is 17.5. The Hall–Kier alpha value is -2.74. The minimum atomic E-state index is -0.791. The van der Waals surface area contributed by atoms with Crippen LogP contribution in [0.5, 0.6) is 11.5 Å². The molecule has 2 aromatic heterocycles. The zero-order valence-corrected chi connectivity index (χ0v) is 19.2. The summed E-state index contributed by atoms with van der Waals surface area (Å²) in [5.41, 5.74) is 3.48. The molecular weight excluding hydrogens is 430 g/mol. The molecule has 0 fully saturated rings. The van der Waals surface area contributed by atoms with Gasteiger partial charge in [0.1, 0.15) is 5.01 Å². The van der Waals surface area contributed by atoms with Crippen molar-refractivity contribution < 1.29 is 19.4 Å². The van der Waals surface area contributed by atoms with E-state index in [0.29, 0.717) is 29.2 Å². The van der Waals surface area contributed by atoms with Crippen LogP contribution in [0.15, 0.2) is 47.2 Å². The van der Waals surface area contributed by atoms with Gasteiger partial charge < -0.3 is 14.6 Å². The first-order chi connectivity index (χ1) is 15.0. The fraction of sp³-hybridized carbons (Fsp3) is 0.250. The molecule has 0 radical (unpaired) electrons. The Bertz CT molecular complexity index is 1230. The molecule has 160 valence electrons. The van der Waals surface area contributed by atoms with E-state index in [1.807, 2.05) is 5.38 Å². The zero-order chi connectivity index (χ0) is 22.0.